The number of amides is 1. The van der Waals surface area contributed by atoms with Crippen molar-refractivity contribution in [3.8, 4) is 0 Å². The van der Waals surface area contributed by atoms with Gasteiger partial charge in [0, 0.05) is 0 Å². The molecule has 0 saturated heterocycles. The van der Waals surface area contributed by atoms with Crippen molar-refractivity contribution in [3.05, 3.63) is 22.4 Å². The summed E-state index contributed by atoms with van der Waals surface area (Å²) in [6.07, 6.45) is -0.626. The molecule has 1 aromatic heterocycles. The second-order valence-corrected chi connectivity index (χ2v) is 3.34. The molecular weight excluding hydrogens is 243 g/mol. The average molecular weight is 249 g/mol. The van der Waals surface area contributed by atoms with Gasteiger partial charge in [-0.15, -0.1) is 0 Å². The molecule has 15 heavy (non-hydrogen) atoms. The van der Waals surface area contributed by atoms with Crippen molar-refractivity contribution in [3.63, 3.8) is 0 Å². The number of carbonyl (C=O) groups is 2. The van der Waals surface area contributed by atoms with E-state index in [1.54, 1.807) is 0 Å². The maximum Gasteiger partial charge on any atom is 0.312 e. The van der Waals surface area contributed by atoms with Gasteiger partial charge in [0.05, 0.1) is 5.69 Å². The van der Waals surface area contributed by atoms with Gasteiger partial charge >= 0.3 is 5.97 Å². The molecule has 0 unspecified atom stereocenters. The normalized spacial score (nSPS) is 9.73. The molecule has 0 aliphatic rings. The molecule has 0 bridgehead atoms. The number of hydrogen-bond donors (Lipinski definition) is 2. The Morgan fingerprint density at radius 3 is 2.60 bits per heavy atom. The van der Waals surface area contributed by atoms with Gasteiger partial charge in [-0.2, -0.15) is 0 Å². The lowest BCUT2D eigenvalue weighted by molar-refractivity contribution is -0.139. The van der Waals surface area contributed by atoms with E-state index < -0.39 is 18.3 Å². The first-order valence-corrected chi connectivity index (χ1v) is 4.58. The number of carboxylic acid groups (broad SMARTS) is 1. The summed E-state index contributed by atoms with van der Waals surface area (Å²) in [7, 11) is 0. The van der Waals surface area contributed by atoms with E-state index in [2.05, 4.69) is 10.3 Å². The van der Waals surface area contributed by atoms with Crippen LogP contribution < -0.4 is 5.32 Å². The topological polar surface area (TPSA) is 79.3 Å². The zero-order chi connectivity index (χ0) is 11.4. The van der Waals surface area contributed by atoms with E-state index in [1.165, 1.54) is 12.1 Å². The molecule has 1 rings (SSSR count). The molecule has 0 aliphatic carbocycles. The highest BCUT2D eigenvalue weighted by Gasteiger charge is 2.10. The van der Waals surface area contributed by atoms with Crippen LogP contribution in [0.2, 0.25) is 10.3 Å². The number of rotatable bonds is 3. The standard InChI is InChI=1S/C8H6Cl2N2O3/c9-5-2-1-4(8(10)12-5)11-6(13)3-7(14)15/h1-2H,3H2,(H,11,13)(H,14,15). The Kier molecular flexibility index (Phi) is 3.88. The van der Waals surface area contributed by atoms with Gasteiger partial charge in [0.25, 0.3) is 0 Å². The molecule has 0 aromatic carbocycles. The lowest BCUT2D eigenvalue weighted by Gasteiger charge is -2.04. The van der Waals surface area contributed by atoms with Crippen molar-refractivity contribution in [2.75, 3.05) is 5.32 Å². The van der Waals surface area contributed by atoms with Crippen LogP contribution in [-0.2, 0) is 9.59 Å². The van der Waals surface area contributed by atoms with Crippen LogP contribution in [0.25, 0.3) is 0 Å². The summed E-state index contributed by atoms with van der Waals surface area (Å²) in [4.78, 5) is 24.9. The number of halogens is 2. The van der Waals surface area contributed by atoms with Crippen molar-refractivity contribution >= 4 is 40.8 Å². The van der Waals surface area contributed by atoms with E-state index in [0.29, 0.717) is 0 Å². The number of nitrogens with zero attached hydrogens (tertiary/aromatic N) is 1. The number of carbonyl (C=O) groups excluding carboxylic acids is 1. The molecule has 0 atom stereocenters. The molecule has 2 N–H and O–H groups in total. The molecule has 7 heteroatoms. The average Bonchev–Trinajstić information content (AvgIpc) is 2.08. The predicted molar refractivity (Wildman–Crippen MR) is 55.1 cm³/mol. The molecule has 1 aromatic rings. The van der Waals surface area contributed by atoms with Crippen LogP contribution in [0.1, 0.15) is 6.42 Å². The first-order valence-electron chi connectivity index (χ1n) is 3.82. The van der Waals surface area contributed by atoms with Crippen LogP contribution in [0.3, 0.4) is 0 Å². The van der Waals surface area contributed by atoms with E-state index in [4.69, 9.17) is 28.3 Å². The van der Waals surface area contributed by atoms with Crippen LogP contribution in [0.4, 0.5) is 5.69 Å². The number of hydrogen-bond acceptors (Lipinski definition) is 3. The summed E-state index contributed by atoms with van der Waals surface area (Å²) in [6.45, 7) is 0. The summed E-state index contributed by atoms with van der Waals surface area (Å²) in [5.41, 5.74) is 0.229. The molecule has 0 radical (unpaired) electrons. The van der Waals surface area contributed by atoms with Crippen molar-refractivity contribution < 1.29 is 14.7 Å². The van der Waals surface area contributed by atoms with E-state index in [-0.39, 0.29) is 16.0 Å². The Morgan fingerprint density at radius 1 is 1.40 bits per heavy atom. The minimum absolute atomic E-state index is 0.0150. The predicted octanol–water partition coefficient (Wildman–Crippen LogP) is 1.80. The fraction of sp³-hybridized carbons (Fsp3) is 0.125. The number of aliphatic carboxylic acids is 1. The second-order valence-electron chi connectivity index (χ2n) is 2.59. The Morgan fingerprint density at radius 2 is 2.07 bits per heavy atom. The lowest BCUT2D eigenvalue weighted by Crippen LogP contribution is -2.16. The quantitative estimate of drug-likeness (QED) is 0.632. The number of pyridine rings is 1. The fourth-order valence-electron chi connectivity index (χ4n) is 0.837. The highest BCUT2D eigenvalue weighted by Crippen LogP contribution is 2.21. The molecule has 0 saturated carbocycles. The van der Waals surface area contributed by atoms with Crippen molar-refractivity contribution in [1.82, 2.24) is 4.98 Å². The Bertz CT molecular complexity index is 409. The third kappa shape index (κ3) is 3.73. The summed E-state index contributed by atoms with van der Waals surface area (Å²) >= 11 is 11.2. The Hall–Kier alpha value is -1.33. The minimum Gasteiger partial charge on any atom is -0.481 e. The van der Waals surface area contributed by atoms with Crippen molar-refractivity contribution in [1.29, 1.82) is 0 Å². The Labute approximate surface area is 95.0 Å². The smallest absolute Gasteiger partial charge is 0.312 e. The number of anilines is 1. The molecule has 1 amide bonds. The van der Waals surface area contributed by atoms with Gasteiger partial charge in [-0.05, 0) is 12.1 Å². The fourth-order valence-corrected chi connectivity index (χ4v) is 1.23. The SMILES string of the molecule is O=C(O)CC(=O)Nc1ccc(Cl)nc1Cl. The Balaban J connectivity index is 2.72. The zero-order valence-electron chi connectivity index (χ0n) is 7.33. The maximum absolute atomic E-state index is 11.0. The van der Waals surface area contributed by atoms with Gasteiger partial charge in [0.15, 0.2) is 5.15 Å². The summed E-state index contributed by atoms with van der Waals surface area (Å²) in [5, 5.41) is 10.8. The number of carboxylic acids is 1. The molecule has 1 heterocycles. The van der Waals surface area contributed by atoms with Crippen molar-refractivity contribution in [2.24, 2.45) is 0 Å². The van der Waals surface area contributed by atoms with Gasteiger partial charge < -0.3 is 10.4 Å². The van der Waals surface area contributed by atoms with Gasteiger partial charge in [-0.3, -0.25) is 9.59 Å². The minimum atomic E-state index is -1.22. The van der Waals surface area contributed by atoms with E-state index in [9.17, 15) is 9.59 Å². The van der Waals surface area contributed by atoms with E-state index in [1.807, 2.05) is 0 Å². The molecule has 5 nitrogen and oxygen atoms in total. The van der Waals surface area contributed by atoms with Crippen LogP contribution in [-0.4, -0.2) is 22.0 Å². The molecule has 0 spiro atoms. The van der Waals surface area contributed by atoms with Gasteiger partial charge in [0.1, 0.15) is 11.6 Å². The van der Waals surface area contributed by atoms with Gasteiger partial charge in [-0.25, -0.2) is 4.98 Å². The highest BCUT2D eigenvalue weighted by molar-refractivity contribution is 6.34. The monoisotopic (exact) mass is 248 g/mol. The largest absolute Gasteiger partial charge is 0.481 e. The third-order valence-corrected chi connectivity index (χ3v) is 1.90. The number of nitrogens with one attached hydrogen (secondary N) is 1. The van der Waals surface area contributed by atoms with Crippen LogP contribution in [0, 0.1) is 0 Å². The lowest BCUT2D eigenvalue weighted by atomic mass is 10.3. The first-order chi connectivity index (χ1) is 6.99. The highest BCUT2D eigenvalue weighted by atomic mass is 35.5. The van der Waals surface area contributed by atoms with Crippen LogP contribution in [0.15, 0.2) is 12.1 Å². The summed E-state index contributed by atoms with van der Waals surface area (Å²) in [6, 6.07) is 2.88. The molecule has 0 aliphatic heterocycles. The molecule has 80 valence electrons. The van der Waals surface area contributed by atoms with Gasteiger partial charge in [0.2, 0.25) is 5.91 Å². The second kappa shape index (κ2) is 4.95. The van der Waals surface area contributed by atoms with E-state index in [0.717, 1.165) is 0 Å². The van der Waals surface area contributed by atoms with Crippen molar-refractivity contribution in [2.45, 2.75) is 6.42 Å². The summed E-state index contributed by atoms with van der Waals surface area (Å²) in [5.74, 6) is -1.89. The number of aromatic nitrogens is 1. The summed E-state index contributed by atoms with van der Waals surface area (Å²) < 4.78 is 0. The first kappa shape index (κ1) is 11.7. The maximum atomic E-state index is 11.0. The molecule has 0 fully saturated rings. The van der Waals surface area contributed by atoms with Gasteiger partial charge in [-0.1, -0.05) is 23.2 Å². The van der Waals surface area contributed by atoms with Crippen LogP contribution in [0.5, 0.6) is 0 Å². The van der Waals surface area contributed by atoms with E-state index >= 15 is 0 Å². The third-order valence-electron chi connectivity index (χ3n) is 1.40. The van der Waals surface area contributed by atoms with Crippen LogP contribution >= 0.6 is 23.2 Å². The molecular formula is C8H6Cl2N2O3. The zero-order valence-corrected chi connectivity index (χ0v) is 8.84.